The highest BCUT2D eigenvalue weighted by Crippen LogP contribution is 2.24. The molecule has 1 aromatic rings. The molecule has 7 heteroatoms. The number of primary sulfonamides is 1. The van der Waals surface area contributed by atoms with Gasteiger partial charge >= 0.3 is 0 Å². The molecule has 0 aliphatic rings. The van der Waals surface area contributed by atoms with Crippen LogP contribution < -0.4 is 16.2 Å². The lowest BCUT2D eigenvalue weighted by Crippen LogP contribution is -2.33. The Kier molecular flexibility index (Phi) is 4.78. The van der Waals surface area contributed by atoms with E-state index < -0.39 is 15.6 Å². The molecule has 1 unspecified atom stereocenters. The first-order valence-electron chi connectivity index (χ1n) is 6.04. The molecule has 0 spiro atoms. The molecular formula is C12H21N3O3S. The van der Waals surface area contributed by atoms with Crippen LogP contribution in [0.1, 0.15) is 26.7 Å². The highest BCUT2D eigenvalue weighted by atomic mass is 32.2. The summed E-state index contributed by atoms with van der Waals surface area (Å²) in [6, 6.07) is 4.41. The second kappa shape index (κ2) is 5.77. The third-order valence-electron chi connectivity index (χ3n) is 2.76. The van der Waals surface area contributed by atoms with Crippen LogP contribution in [0.5, 0.6) is 0 Å². The average molecular weight is 287 g/mol. The van der Waals surface area contributed by atoms with Crippen molar-refractivity contribution in [1.29, 1.82) is 0 Å². The van der Waals surface area contributed by atoms with Gasteiger partial charge in [0.1, 0.15) is 4.90 Å². The van der Waals surface area contributed by atoms with Gasteiger partial charge in [0.15, 0.2) is 0 Å². The van der Waals surface area contributed by atoms with Crippen molar-refractivity contribution in [2.24, 2.45) is 5.14 Å². The van der Waals surface area contributed by atoms with E-state index in [9.17, 15) is 13.5 Å². The summed E-state index contributed by atoms with van der Waals surface area (Å²) in [5.74, 6) is 0. The van der Waals surface area contributed by atoms with Gasteiger partial charge in [-0.25, -0.2) is 13.6 Å². The third-order valence-corrected chi connectivity index (χ3v) is 3.71. The molecule has 1 aromatic carbocycles. The largest absolute Gasteiger partial charge is 0.399 e. The molecule has 6 nitrogen and oxygen atoms in total. The molecule has 0 aliphatic heterocycles. The summed E-state index contributed by atoms with van der Waals surface area (Å²) < 4.78 is 23.0. The van der Waals surface area contributed by atoms with E-state index in [-0.39, 0.29) is 11.4 Å². The molecule has 1 atom stereocenters. The predicted octanol–water partition coefficient (Wildman–Crippen LogP) is 0.879. The Balaban J connectivity index is 2.96. The fourth-order valence-corrected chi connectivity index (χ4v) is 2.58. The molecule has 0 heterocycles. The summed E-state index contributed by atoms with van der Waals surface area (Å²) >= 11 is 0. The van der Waals surface area contributed by atoms with Crippen LogP contribution >= 0.6 is 0 Å². The number of benzene rings is 1. The molecule has 1 rings (SSSR count). The van der Waals surface area contributed by atoms with Crippen LogP contribution in [0.2, 0.25) is 0 Å². The van der Waals surface area contributed by atoms with E-state index in [1.54, 1.807) is 13.0 Å². The van der Waals surface area contributed by atoms with E-state index in [2.05, 4.69) is 5.32 Å². The van der Waals surface area contributed by atoms with Crippen molar-refractivity contribution in [2.45, 2.75) is 37.2 Å². The first kappa shape index (κ1) is 15.7. The van der Waals surface area contributed by atoms with Gasteiger partial charge in [0.05, 0.1) is 11.3 Å². The minimum Gasteiger partial charge on any atom is -0.399 e. The number of hydrogen-bond acceptors (Lipinski definition) is 5. The van der Waals surface area contributed by atoms with Crippen LogP contribution in [0, 0.1) is 0 Å². The zero-order valence-corrected chi connectivity index (χ0v) is 12.0. The second-order valence-electron chi connectivity index (χ2n) is 4.90. The molecule has 0 radical (unpaired) electrons. The molecule has 0 saturated heterocycles. The Labute approximate surface area is 113 Å². The van der Waals surface area contributed by atoms with Crippen LogP contribution in [0.3, 0.4) is 0 Å². The standard InChI is InChI=1S/C12H21N3O3S/c1-3-6-12(2,16)8-15-10-5-4-9(13)7-11(10)19(14,17)18/h4-5,7,15-16H,3,6,8,13H2,1-2H3,(H2,14,17,18). The zero-order chi connectivity index (χ0) is 14.7. The summed E-state index contributed by atoms with van der Waals surface area (Å²) in [4.78, 5) is -0.0696. The fraction of sp³-hybridized carbons (Fsp3) is 0.500. The van der Waals surface area contributed by atoms with Crippen LogP contribution in [-0.2, 0) is 10.0 Å². The number of nitrogens with one attached hydrogen (secondary N) is 1. The summed E-state index contributed by atoms with van der Waals surface area (Å²) in [6.45, 7) is 3.89. The number of nitrogens with two attached hydrogens (primary N) is 2. The van der Waals surface area contributed by atoms with Gasteiger partial charge in [0.2, 0.25) is 10.0 Å². The van der Waals surface area contributed by atoms with Crippen LogP contribution in [-0.4, -0.2) is 25.7 Å². The normalized spacial score (nSPS) is 14.9. The Hall–Kier alpha value is -1.31. The maximum absolute atomic E-state index is 11.5. The van der Waals surface area contributed by atoms with E-state index in [0.717, 1.165) is 6.42 Å². The second-order valence-corrected chi connectivity index (χ2v) is 6.43. The molecule has 0 bridgehead atoms. The van der Waals surface area contributed by atoms with Gasteiger partial charge in [-0.1, -0.05) is 13.3 Å². The van der Waals surface area contributed by atoms with Gasteiger partial charge in [-0.3, -0.25) is 0 Å². The molecule has 0 aliphatic carbocycles. The fourth-order valence-electron chi connectivity index (χ4n) is 1.83. The summed E-state index contributed by atoms with van der Waals surface area (Å²) in [6.07, 6.45) is 1.44. The van der Waals surface area contributed by atoms with Gasteiger partial charge in [-0.2, -0.15) is 0 Å². The Bertz CT molecular complexity index is 541. The van der Waals surface area contributed by atoms with Crippen molar-refractivity contribution >= 4 is 21.4 Å². The summed E-state index contributed by atoms with van der Waals surface area (Å²) in [5.41, 5.74) is 5.30. The topological polar surface area (TPSA) is 118 Å². The van der Waals surface area contributed by atoms with Crippen molar-refractivity contribution in [2.75, 3.05) is 17.6 Å². The number of aliphatic hydroxyl groups is 1. The molecule has 0 fully saturated rings. The molecule has 0 saturated carbocycles. The lowest BCUT2D eigenvalue weighted by molar-refractivity contribution is 0.0636. The van der Waals surface area contributed by atoms with Gasteiger partial charge < -0.3 is 16.2 Å². The van der Waals surface area contributed by atoms with Gasteiger partial charge in [0.25, 0.3) is 0 Å². The van der Waals surface area contributed by atoms with Crippen LogP contribution in [0.25, 0.3) is 0 Å². The first-order valence-corrected chi connectivity index (χ1v) is 7.59. The van der Waals surface area contributed by atoms with Crippen molar-refractivity contribution in [3.05, 3.63) is 18.2 Å². The number of rotatable bonds is 6. The first-order chi connectivity index (χ1) is 8.65. The van der Waals surface area contributed by atoms with E-state index >= 15 is 0 Å². The number of hydrogen-bond donors (Lipinski definition) is 4. The minimum absolute atomic E-state index is 0.0696. The predicted molar refractivity (Wildman–Crippen MR) is 76.2 cm³/mol. The lowest BCUT2D eigenvalue weighted by atomic mass is 10.0. The summed E-state index contributed by atoms with van der Waals surface area (Å²) in [5, 5.41) is 18.1. The molecular weight excluding hydrogens is 266 g/mol. The van der Waals surface area contributed by atoms with Crippen molar-refractivity contribution in [3.8, 4) is 0 Å². The van der Waals surface area contributed by atoms with E-state index in [1.165, 1.54) is 12.1 Å². The minimum atomic E-state index is -3.86. The lowest BCUT2D eigenvalue weighted by Gasteiger charge is -2.24. The highest BCUT2D eigenvalue weighted by molar-refractivity contribution is 7.89. The van der Waals surface area contributed by atoms with Crippen molar-refractivity contribution in [3.63, 3.8) is 0 Å². The van der Waals surface area contributed by atoms with Gasteiger partial charge in [0, 0.05) is 12.2 Å². The molecule has 108 valence electrons. The van der Waals surface area contributed by atoms with E-state index in [4.69, 9.17) is 10.9 Å². The Morgan fingerprint density at radius 2 is 2.05 bits per heavy atom. The van der Waals surface area contributed by atoms with Gasteiger partial charge in [-0.15, -0.1) is 0 Å². The van der Waals surface area contributed by atoms with E-state index in [0.29, 0.717) is 17.8 Å². The Morgan fingerprint density at radius 1 is 1.42 bits per heavy atom. The molecule has 6 N–H and O–H groups in total. The third kappa shape index (κ3) is 4.70. The maximum atomic E-state index is 11.5. The number of anilines is 2. The SMILES string of the molecule is CCCC(C)(O)CNc1ccc(N)cc1S(N)(=O)=O. The Morgan fingerprint density at radius 3 is 2.58 bits per heavy atom. The summed E-state index contributed by atoms with van der Waals surface area (Å²) in [7, 11) is -3.86. The monoisotopic (exact) mass is 287 g/mol. The van der Waals surface area contributed by atoms with Crippen LogP contribution in [0.4, 0.5) is 11.4 Å². The van der Waals surface area contributed by atoms with E-state index in [1.807, 2.05) is 6.92 Å². The quantitative estimate of drug-likeness (QED) is 0.579. The zero-order valence-electron chi connectivity index (χ0n) is 11.2. The van der Waals surface area contributed by atoms with Crippen molar-refractivity contribution < 1.29 is 13.5 Å². The molecule has 19 heavy (non-hydrogen) atoms. The van der Waals surface area contributed by atoms with Crippen LogP contribution in [0.15, 0.2) is 23.1 Å². The molecule has 0 amide bonds. The van der Waals surface area contributed by atoms with Crippen molar-refractivity contribution in [1.82, 2.24) is 0 Å². The molecule has 0 aromatic heterocycles. The smallest absolute Gasteiger partial charge is 0.240 e. The number of sulfonamides is 1. The number of nitrogen functional groups attached to an aromatic ring is 1. The average Bonchev–Trinajstić information content (AvgIpc) is 2.26. The van der Waals surface area contributed by atoms with Gasteiger partial charge in [-0.05, 0) is 31.5 Å². The highest BCUT2D eigenvalue weighted by Gasteiger charge is 2.21. The maximum Gasteiger partial charge on any atom is 0.240 e.